The van der Waals surface area contributed by atoms with Gasteiger partial charge in [-0.25, -0.2) is 13.4 Å². The molecule has 12 heteroatoms. The largest absolute Gasteiger partial charge is 0.497 e. The minimum atomic E-state index is -4.49. The van der Waals surface area contributed by atoms with Gasteiger partial charge in [0, 0.05) is 30.8 Å². The quantitative estimate of drug-likeness (QED) is 0.405. The van der Waals surface area contributed by atoms with E-state index in [0.717, 1.165) is 13.1 Å². The number of fused-ring (bicyclic) bond motifs is 1. The molecule has 1 spiro atoms. The summed E-state index contributed by atoms with van der Waals surface area (Å²) in [6.07, 6.45) is 2.79. The molecule has 3 aromatic rings. The molecule has 3 heterocycles. The highest BCUT2D eigenvalue weighted by atomic mass is 32.2. The molecule has 6 rings (SSSR count). The number of methoxy groups -OCH3 is 1. The Morgan fingerprint density at radius 3 is 2.52 bits per heavy atom. The van der Waals surface area contributed by atoms with Crippen molar-refractivity contribution in [2.24, 2.45) is 11.3 Å². The van der Waals surface area contributed by atoms with E-state index in [0.29, 0.717) is 22.9 Å². The lowest BCUT2D eigenvalue weighted by Crippen LogP contribution is -2.64. The summed E-state index contributed by atoms with van der Waals surface area (Å²) in [4.78, 5) is 32.8. The first-order valence-corrected chi connectivity index (χ1v) is 15.0. The normalized spacial score (nSPS) is 20.7. The molecule has 11 nitrogen and oxygen atoms in total. The molecule has 2 aliphatic heterocycles. The molecular weight excluding hydrogens is 558 g/mol. The van der Waals surface area contributed by atoms with Crippen LogP contribution in [0, 0.1) is 22.7 Å². The number of carbonyl (C=O) groups excluding carboxylic acids is 2. The predicted octanol–water partition coefficient (Wildman–Crippen LogP) is 2.46. The van der Waals surface area contributed by atoms with E-state index in [1.54, 1.807) is 19.1 Å². The van der Waals surface area contributed by atoms with Crippen LogP contribution in [0.3, 0.4) is 0 Å². The summed E-state index contributed by atoms with van der Waals surface area (Å²) in [6.45, 7) is 3.63. The fourth-order valence-corrected chi connectivity index (χ4v) is 7.62. The highest BCUT2D eigenvalue weighted by Crippen LogP contribution is 2.52. The summed E-state index contributed by atoms with van der Waals surface area (Å²) < 4.78 is 40.0. The molecule has 2 aromatic carbocycles. The van der Waals surface area contributed by atoms with Crippen LogP contribution in [-0.2, 0) is 25.2 Å². The van der Waals surface area contributed by atoms with E-state index in [1.165, 1.54) is 55.8 Å². The molecule has 0 radical (unpaired) electrons. The van der Waals surface area contributed by atoms with Crippen molar-refractivity contribution in [1.82, 2.24) is 15.6 Å². The number of anilines is 1. The zero-order chi connectivity index (χ0) is 29.7. The van der Waals surface area contributed by atoms with Gasteiger partial charge in [0.25, 0.3) is 15.9 Å². The highest BCUT2D eigenvalue weighted by molar-refractivity contribution is 7.93. The van der Waals surface area contributed by atoms with Gasteiger partial charge in [0.05, 0.1) is 41.5 Å². The van der Waals surface area contributed by atoms with Crippen LogP contribution in [-0.4, -0.2) is 52.0 Å². The Bertz CT molecular complexity index is 1720. The maximum absolute atomic E-state index is 14.8. The highest BCUT2D eigenvalue weighted by Gasteiger charge is 2.60. The first-order valence-electron chi connectivity index (χ1n) is 13.6. The van der Waals surface area contributed by atoms with Crippen molar-refractivity contribution >= 4 is 27.5 Å². The van der Waals surface area contributed by atoms with Gasteiger partial charge in [0.2, 0.25) is 11.8 Å². The van der Waals surface area contributed by atoms with Crippen LogP contribution in [0.1, 0.15) is 36.5 Å². The van der Waals surface area contributed by atoms with E-state index < -0.39 is 21.5 Å². The molecule has 2 amide bonds. The number of nitrogens with one attached hydrogen (secondary N) is 2. The minimum absolute atomic E-state index is 0.0229. The molecule has 1 aromatic heterocycles. The molecule has 0 unspecified atom stereocenters. The number of pyridine rings is 1. The van der Waals surface area contributed by atoms with Crippen LogP contribution in [0.2, 0.25) is 0 Å². The Morgan fingerprint density at radius 1 is 1.17 bits per heavy atom. The summed E-state index contributed by atoms with van der Waals surface area (Å²) in [7, 11) is -3.03. The van der Waals surface area contributed by atoms with Gasteiger partial charge in [-0.15, -0.1) is 0 Å². The second kappa shape index (κ2) is 10.1. The van der Waals surface area contributed by atoms with Crippen molar-refractivity contribution in [1.29, 1.82) is 5.26 Å². The fourth-order valence-electron chi connectivity index (χ4n) is 6.15. The molecule has 1 saturated carbocycles. The first-order chi connectivity index (χ1) is 20.2. The van der Waals surface area contributed by atoms with Gasteiger partial charge in [-0.3, -0.25) is 9.59 Å². The Morgan fingerprint density at radius 2 is 1.90 bits per heavy atom. The van der Waals surface area contributed by atoms with Crippen molar-refractivity contribution in [3.8, 4) is 17.7 Å². The standard InChI is InChI=1S/C30H29N5O6S/c1-3-41-27-23(5-4-12-33-27)30(34-26(36)20-14-29(15-20)17-32-18-29)24-13-19(16-31)6-11-25(24)35(28(30)37)42(38,39)22-9-7-21(40-2)8-10-22/h4-13,20,32H,3,14-15,17-18H2,1-2H3,(H,34,36)/t30-/m1/s1. The zero-order valence-electron chi connectivity index (χ0n) is 23.1. The third kappa shape index (κ3) is 4.11. The van der Waals surface area contributed by atoms with Crippen LogP contribution < -0.4 is 24.4 Å². The number of sulfonamides is 1. The van der Waals surface area contributed by atoms with Crippen molar-refractivity contribution < 1.29 is 27.5 Å². The molecule has 2 N–H and O–H groups in total. The average Bonchev–Trinajstić information content (AvgIpc) is 3.19. The number of aromatic nitrogens is 1. The first kappa shape index (κ1) is 27.7. The molecule has 3 aliphatic rings. The smallest absolute Gasteiger partial charge is 0.276 e. The fraction of sp³-hybridized carbons (Fsp3) is 0.333. The van der Waals surface area contributed by atoms with Crippen LogP contribution in [0.5, 0.6) is 11.6 Å². The van der Waals surface area contributed by atoms with E-state index in [9.17, 15) is 23.3 Å². The summed E-state index contributed by atoms with van der Waals surface area (Å²) in [5.41, 5.74) is -1.42. The van der Waals surface area contributed by atoms with Crippen molar-refractivity contribution in [3.63, 3.8) is 0 Å². The monoisotopic (exact) mass is 587 g/mol. The SMILES string of the molecule is CCOc1ncccc1[C@]1(NC(=O)C2CC3(CNC3)C2)C(=O)N(S(=O)(=O)c2ccc(OC)cc2)c2ccc(C#N)cc21. The Kier molecular flexibility index (Phi) is 6.67. The molecule has 0 bridgehead atoms. The van der Waals surface area contributed by atoms with Gasteiger partial charge >= 0.3 is 0 Å². The summed E-state index contributed by atoms with van der Waals surface area (Å²) >= 11 is 0. The van der Waals surface area contributed by atoms with E-state index >= 15 is 0 Å². The third-order valence-electron chi connectivity index (χ3n) is 8.35. The summed E-state index contributed by atoms with van der Waals surface area (Å²) in [5, 5.41) is 16.0. The number of rotatable bonds is 8. The lowest BCUT2D eigenvalue weighted by Gasteiger charge is -2.54. The van der Waals surface area contributed by atoms with Crippen molar-refractivity contribution in [2.75, 3.05) is 31.1 Å². The number of amides is 2. The van der Waals surface area contributed by atoms with Crippen LogP contribution in [0.25, 0.3) is 0 Å². The molecule has 1 aliphatic carbocycles. The number of carbonyl (C=O) groups is 2. The number of hydrogen-bond acceptors (Lipinski definition) is 9. The zero-order valence-corrected chi connectivity index (χ0v) is 23.9. The van der Waals surface area contributed by atoms with Gasteiger partial charge in [-0.1, -0.05) is 0 Å². The van der Waals surface area contributed by atoms with E-state index in [-0.39, 0.29) is 57.0 Å². The van der Waals surface area contributed by atoms with E-state index in [1.807, 2.05) is 0 Å². The second-order valence-electron chi connectivity index (χ2n) is 10.8. The van der Waals surface area contributed by atoms with Crippen molar-refractivity contribution in [2.45, 2.75) is 30.2 Å². The minimum Gasteiger partial charge on any atom is -0.497 e. The lowest BCUT2D eigenvalue weighted by molar-refractivity contribution is -0.139. The molecule has 42 heavy (non-hydrogen) atoms. The molecule has 2 fully saturated rings. The van der Waals surface area contributed by atoms with Gasteiger partial charge in [-0.2, -0.15) is 9.57 Å². The molecular formula is C30H29N5O6S. The number of nitriles is 1. The van der Waals surface area contributed by atoms with Crippen LogP contribution in [0.4, 0.5) is 5.69 Å². The molecule has 216 valence electrons. The maximum Gasteiger partial charge on any atom is 0.276 e. The van der Waals surface area contributed by atoms with Gasteiger partial charge in [0.1, 0.15) is 5.75 Å². The molecule has 1 saturated heterocycles. The summed E-state index contributed by atoms with van der Waals surface area (Å²) in [5.74, 6) is -1.16. The Hall–Kier alpha value is -4.47. The number of ether oxygens (including phenoxy) is 2. The van der Waals surface area contributed by atoms with Crippen LogP contribution in [0.15, 0.2) is 65.7 Å². The third-order valence-corrected chi connectivity index (χ3v) is 10.1. The van der Waals surface area contributed by atoms with E-state index in [4.69, 9.17) is 9.47 Å². The van der Waals surface area contributed by atoms with Gasteiger partial charge in [-0.05, 0) is 79.8 Å². The second-order valence-corrected chi connectivity index (χ2v) is 12.6. The predicted molar refractivity (Wildman–Crippen MR) is 151 cm³/mol. The number of hydrogen-bond donors (Lipinski definition) is 2. The molecule has 1 atom stereocenters. The van der Waals surface area contributed by atoms with Crippen LogP contribution >= 0.6 is 0 Å². The topological polar surface area (TPSA) is 151 Å². The lowest BCUT2D eigenvalue weighted by atomic mass is 9.58. The maximum atomic E-state index is 14.8. The van der Waals surface area contributed by atoms with Gasteiger partial charge < -0.3 is 20.1 Å². The number of benzene rings is 2. The number of nitrogens with zero attached hydrogens (tertiary/aromatic N) is 3. The van der Waals surface area contributed by atoms with Crippen molar-refractivity contribution in [3.05, 3.63) is 77.5 Å². The average molecular weight is 588 g/mol. The Labute approximate surface area is 243 Å². The van der Waals surface area contributed by atoms with Gasteiger partial charge in [0.15, 0.2) is 5.54 Å². The summed E-state index contributed by atoms with van der Waals surface area (Å²) in [6, 6.07) is 15.2. The Balaban J connectivity index is 1.54. The van der Waals surface area contributed by atoms with E-state index in [2.05, 4.69) is 21.7 Å².